The summed E-state index contributed by atoms with van der Waals surface area (Å²) in [5.74, 6) is 0.523. The molecular weight excluding hydrogens is 202 g/mol. The predicted molar refractivity (Wildman–Crippen MR) is 68.4 cm³/mol. The highest BCUT2D eigenvalue weighted by Gasteiger charge is 2.12. The molecule has 0 aromatic heterocycles. The van der Waals surface area contributed by atoms with E-state index in [1.807, 2.05) is 13.8 Å². The molecule has 16 heavy (non-hydrogen) atoms. The zero-order valence-corrected chi connectivity index (χ0v) is 11.0. The van der Waals surface area contributed by atoms with E-state index in [2.05, 4.69) is 12.2 Å². The van der Waals surface area contributed by atoms with Crippen molar-refractivity contribution in [2.75, 3.05) is 26.2 Å². The lowest BCUT2D eigenvalue weighted by molar-refractivity contribution is 0.200. The summed E-state index contributed by atoms with van der Waals surface area (Å²) < 4.78 is 0. The number of carbonyl (C=O) groups is 1. The minimum Gasteiger partial charge on any atom is -0.338 e. The largest absolute Gasteiger partial charge is 0.338 e. The predicted octanol–water partition coefficient (Wildman–Crippen LogP) is 1.80. The van der Waals surface area contributed by atoms with Gasteiger partial charge in [-0.25, -0.2) is 4.79 Å². The molecule has 0 bridgehead atoms. The Balaban J connectivity index is 3.93. The highest BCUT2D eigenvalue weighted by Crippen LogP contribution is 2.08. The molecule has 0 rings (SSSR count). The fourth-order valence-electron chi connectivity index (χ4n) is 1.85. The van der Waals surface area contributed by atoms with E-state index in [-0.39, 0.29) is 6.03 Å². The second-order valence-electron chi connectivity index (χ2n) is 4.09. The summed E-state index contributed by atoms with van der Waals surface area (Å²) in [7, 11) is 0. The van der Waals surface area contributed by atoms with Gasteiger partial charge >= 0.3 is 6.03 Å². The molecule has 0 saturated carbocycles. The summed E-state index contributed by atoms with van der Waals surface area (Å²) in [6.45, 7) is 9.12. The first kappa shape index (κ1) is 15.2. The molecule has 96 valence electrons. The van der Waals surface area contributed by atoms with Gasteiger partial charge in [-0.15, -0.1) is 0 Å². The maximum absolute atomic E-state index is 11.7. The van der Waals surface area contributed by atoms with Crippen molar-refractivity contribution < 1.29 is 4.79 Å². The van der Waals surface area contributed by atoms with Crippen molar-refractivity contribution in [3.8, 4) is 0 Å². The van der Waals surface area contributed by atoms with Gasteiger partial charge in [-0.05, 0) is 39.2 Å². The van der Waals surface area contributed by atoms with Crippen LogP contribution in [0.4, 0.5) is 4.79 Å². The molecule has 0 aliphatic heterocycles. The van der Waals surface area contributed by atoms with Crippen LogP contribution in [0.1, 0.15) is 40.0 Å². The molecule has 4 nitrogen and oxygen atoms in total. The standard InChI is InChI=1S/C12H27N3O/c1-4-7-11(8-9-13)10-14-12(16)15(5-2)6-3/h11H,4-10,13H2,1-3H3,(H,14,16). The van der Waals surface area contributed by atoms with Crippen LogP contribution in [0, 0.1) is 5.92 Å². The van der Waals surface area contributed by atoms with Crippen molar-refractivity contribution in [1.29, 1.82) is 0 Å². The summed E-state index contributed by atoms with van der Waals surface area (Å²) in [4.78, 5) is 13.5. The van der Waals surface area contributed by atoms with Gasteiger partial charge in [0.15, 0.2) is 0 Å². The minimum atomic E-state index is 0.0446. The summed E-state index contributed by atoms with van der Waals surface area (Å²) in [6, 6.07) is 0.0446. The molecule has 0 fully saturated rings. The second kappa shape index (κ2) is 9.46. The first-order chi connectivity index (χ1) is 7.69. The molecule has 1 unspecified atom stereocenters. The minimum absolute atomic E-state index is 0.0446. The molecule has 0 saturated heterocycles. The van der Waals surface area contributed by atoms with Crippen molar-refractivity contribution in [3.63, 3.8) is 0 Å². The van der Waals surface area contributed by atoms with Crippen LogP contribution in [0.3, 0.4) is 0 Å². The van der Waals surface area contributed by atoms with E-state index in [1.54, 1.807) is 4.90 Å². The molecule has 0 aromatic carbocycles. The van der Waals surface area contributed by atoms with Gasteiger partial charge in [0.25, 0.3) is 0 Å². The first-order valence-electron chi connectivity index (χ1n) is 6.42. The van der Waals surface area contributed by atoms with Crippen LogP contribution in [0.2, 0.25) is 0 Å². The summed E-state index contributed by atoms with van der Waals surface area (Å²) in [6.07, 6.45) is 3.27. The average molecular weight is 229 g/mol. The Morgan fingerprint density at radius 1 is 1.25 bits per heavy atom. The van der Waals surface area contributed by atoms with Crippen LogP contribution in [0.15, 0.2) is 0 Å². The van der Waals surface area contributed by atoms with Crippen molar-refractivity contribution in [2.24, 2.45) is 11.7 Å². The van der Waals surface area contributed by atoms with Gasteiger partial charge < -0.3 is 16.0 Å². The van der Waals surface area contributed by atoms with E-state index in [0.29, 0.717) is 12.5 Å². The fraction of sp³-hybridized carbons (Fsp3) is 0.917. The van der Waals surface area contributed by atoms with Crippen molar-refractivity contribution >= 4 is 6.03 Å². The monoisotopic (exact) mass is 229 g/mol. The molecule has 2 amide bonds. The van der Waals surface area contributed by atoms with Gasteiger partial charge in [0.1, 0.15) is 0 Å². The van der Waals surface area contributed by atoms with Gasteiger partial charge in [-0.2, -0.15) is 0 Å². The van der Waals surface area contributed by atoms with Gasteiger partial charge in [0.2, 0.25) is 0 Å². The molecule has 0 spiro atoms. The van der Waals surface area contributed by atoms with E-state index < -0.39 is 0 Å². The summed E-state index contributed by atoms with van der Waals surface area (Å²) in [5.41, 5.74) is 5.56. The zero-order chi connectivity index (χ0) is 12.4. The molecule has 0 heterocycles. The molecule has 0 aromatic rings. The molecule has 4 heteroatoms. The number of nitrogens with one attached hydrogen (secondary N) is 1. The zero-order valence-electron chi connectivity index (χ0n) is 11.0. The molecule has 1 atom stereocenters. The van der Waals surface area contributed by atoms with Crippen LogP contribution in [0.25, 0.3) is 0 Å². The molecule has 3 N–H and O–H groups in total. The molecule has 0 radical (unpaired) electrons. The van der Waals surface area contributed by atoms with Crippen LogP contribution in [-0.2, 0) is 0 Å². The van der Waals surface area contributed by atoms with Crippen LogP contribution < -0.4 is 11.1 Å². The molecular formula is C12H27N3O. The quantitative estimate of drug-likeness (QED) is 0.667. The lowest BCUT2D eigenvalue weighted by Crippen LogP contribution is -2.41. The Kier molecular flexibility index (Phi) is 9.00. The average Bonchev–Trinajstić information content (AvgIpc) is 2.28. The number of hydrogen-bond acceptors (Lipinski definition) is 2. The first-order valence-corrected chi connectivity index (χ1v) is 6.42. The number of hydrogen-bond donors (Lipinski definition) is 2. The third-order valence-corrected chi connectivity index (χ3v) is 2.86. The van der Waals surface area contributed by atoms with E-state index in [4.69, 9.17) is 5.73 Å². The van der Waals surface area contributed by atoms with Crippen LogP contribution in [-0.4, -0.2) is 37.1 Å². The summed E-state index contributed by atoms with van der Waals surface area (Å²) >= 11 is 0. The van der Waals surface area contributed by atoms with Crippen molar-refractivity contribution in [1.82, 2.24) is 10.2 Å². The second-order valence-corrected chi connectivity index (χ2v) is 4.09. The van der Waals surface area contributed by atoms with Gasteiger partial charge in [0, 0.05) is 19.6 Å². The number of urea groups is 1. The van der Waals surface area contributed by atoms with E-state index >= 15 is 0 Å². The Morgan fingerprint density at radius 2 is 1.88 bits per heavy atom. The van der Waals surface area contributed by atoms with Crippen LogP contribution in [0.5, 0.6) is 0 Å². The maximum Gasteiger partial charge on any atom is 0.317 e. The van der Waals surface area contributed by atoms with Gasteiger partial charge in [-0.3, -0.25) is 0 Å². The van der Waals surface area contributed by atoms with Crippen molar-refractivity contribution in [2.45, 2.75) is 40.0 Å². The molecule has 0 aliphatic carbocycles. The number of nitrogens with zero attached hydrogens (tertiary/aromatic N) is 1. The summed E-state index contributed by atoms with van der Waals surface area (Å²) in [5, 5.41) is 2.99. The van der Waals surface area contributed by atoms with Crippen molar-refractivity contribution in [3.05, 3.63) is 0 Å². The maximum atomic E-state index is 11.7. The number of rotatable bonds is 8. The smallest absolute Gasteiger partial charge is 0.317 e. The van der Waals surface area contributed by atoms with Gasteiger partial charge in [-0.1, -0.05) is 13.3 Å². The lowest BCUT2D eigenvalue weighted by Gasteiger charge is -2.22. The third kappa shape index (κ3) is 5.95. The molecule has 0 aliphatic rings. The number of nitrogens with two attached hydrogens (primary N) is 1. The number of amides is 2. The normalized spacial score (nSPS) is 12.2. The third-order valence-electron chi connectivity index (χ3n) is 2.86. The van der Waals surface area contributed by atoms with Crippen LogP contribution >= 0.6 is 0 Å². The van der Waals surface area contributed by atoms with E-state index in [9.17, 15) is 4.79 Å². The fourth-order valence-corrected chi connectivity index (χ4v) is 1.85. The van der Waals surface area contributed by atoms with E-state index in [0.717, 1.165) is 38.9 Å². The van der Waals surface area contributed by atoms with E-state index in [1.165, 1.54) is 0 Å². The lowest BCUT2D eigenvalue weighted by atomic mass is 10.00. The Hall–Kier alpha value is -0.770. The topological polar surface area (TPSA) is 58.4 Å². The highest BCUT2D eigenvalue weighted by atomic mass is 16.2. The number of carbonyl (C=O) groups excluding carboxylic acids is 1. The highest BCUT2D eigenvalue weighted by molar-refractivity contribution is 5.74. The van der Waals surface area contributed by atoms with Gasteiger partial charge in [0.05, 0.1) is 0 Å². The Labute approximate surface area is 99.6 Å². The Morgan fingerprint density at radius 3 is 2.31 bits per heavy atom. The SMILES string of the molecule is CCCC(CCN)CNC(=O)N(CC)CC. The Bertz CT molecular complexity index is 175.